The van der Waals surface area contributed by atoms with Crippen molar-refractivity contribution >= 4 is 28.8 Å². The van der Waals surface area contributed by atoms with E-state index in [-0.39, 0.29) is 12.3 Å². The van der Waals surface area contributed by atoms with Gasteiger partial charge >= 0.3 is 5.97 Å². The van der Waals surface area contributed by atoms with E-state index in [9.17, 15) is 9.59 Å². The van der Waals surface area contributed by atoms with E-state index in [1.54, 1.807) is 4.90 Å². The fraction of sp³-hybridized carbons (Fsp3) is 0.321. The molecule has 6 nitrogen and oxygen atoms in total. The summed E-state index contributed by atoms with van der Waals surface area (Å²) in [5.41, 5.74) is 5.21. The molecule has 182 valence electrons. The fourth-order valence-electron chi connectivity index (χ4n) is 4.35. The molecule has 0 aromatic heterocycles. The summed E-state index contributed by atoms with van der Waals surface area (Å²) < 4.78 is 5.15. The number of methoxy groups -OCH3 is 1. The minimum atomic E-state index is -0.412. The molecule has 0 radical (unpaired) electrons. The Morgan fingerprint density at radius 1 is 1.11 bits per heavy atom. The number of esters is 1. The van der Waals surface area contributed by atoms with Crippen LogP contribution in [-0.2, 0) is 20.9 Å². The van der Waals surface area contributed by atoms with Gasteiger partial charge in [-0.15, -0.1) is 0 Å². The van der Waals surface area contributed by atoms with Crippen molar-refractivity contribution in [2.24, 2.45) is 4.99 Å². The van der Waals surface area contributed by atoms with Gasteiger partial charge in [-0.25, -0.2) is 9.79 Å². The number of fused-ring (bicyclic) bond motifs is 1. The smallest absolute Gasteiger partial charge is 0.338 e. The van der Waals surface area contributed by atoms with Crippen molar-refractivity contribution in [1.82, 2.24) is 9.80 Å². The summed E-state index contributed by atoms with van der Waals surface area (Å²) in [5.74, 6) is -0.00535. The van der Waals surface area contributed by atoms with Crippen LogP contribution in [0.5, 0.6) is 0 Å². The van der Waals surface area contributed by atoms with Gasteiger partial charge in [0.25, 0.3) is 0 Å². The second-order valence-electron chi connectivity index (χ2n) is 9.12. The molecule has 0 spiro atoms. The predicted octanol–water partition coefficient (Wildman–Crippen LogP) is 5.61. The van der Waals surface area contributed by atoms with E-state index in [0.717, 1.165) is 22.0 Å². The second kappa shape index (κ2) is 10.5. The maximum absolute atomic E-state index is 13.2. The van der Waals surface area contributed by atoms with Gasteiger partial charge in [0, 0.05) is 19.3 Å². The lowest BCUT2D eigenvalue weighted by Gasteiger charge is -2.36. The molecule has 2 heterocycles. The molecule has 1 atom stereocenters. The van der Waals surface area contributed by atoms with Crippen LogP contribution in [0.25, 0.3) is 0 Å². The van der Waals surface area contributed by atoms with Gasteiger partial charge in [0.05, 0.1) is 30.8 Å². The van der Waals surface area contributed by atoms with Gasteiger partial charge in [0.2, 0.25) is 5.91 Å². The Labute approximate surface area is 211 Å². The number of allylic oxidation sites excluding steroid dienone is 1. The highest BCUT2D eigenvalue weighted by Gasteiger charge is 2.41. The van der Waals surface area contributed by atoms with E-state index in [2.05, 4.69) is 38.1 Å². The van der Waals surface area contributed by atoms with E-state index in [1.807, 2.05) is 54.6 Å². The minimum Gasteiger partial charge on any atom is -0.466 e. The van der Waals surface area contributed by atoms with Crippen molar-refractivity contribution in [1.29, 1.82) is 0 Å². The van der Waals surface area contributed by atoms with Gasteiger partial charge in [-0.05, 0) is 34.9 Å². The molecule has 7 heteroatoms. The quantitative estimate of drug-likeness (QED) is 0.473. The highest BCUT2D eigenvalue weighted by atomic mass is 32.2. The summed E-state index contributed by atoms with van der Waals surface area (Å²) in [6, 6.07) is 17.8. The lowest BCUT2D eigenvalue weighted by molar-refractivity contribution is -0.136. The molecule has 35 heavy (non-hydrogen) atoms. The van der Waals surface area contributed by atoms with E-state index in [4.69, 9.17) is 9.73 Å². The Balaban J connectivity index is 1.64. The molecule has 4 rings (SSSR count). The van der Waals surface area contributed by atoms with Gasteiger partial charge in [-0.1, -0.05) is 80.2 Å². The van der Waals surface area contributed by atoms with Crippen LogP contribution in [0.4, 0.5) is 0 Å². The summed E-state index contributed by atoms with van der Waals surface area (Å²) in [6.45, 7) is 6.68. The van der Waals surface area contributed by atoms with E-state index < -0.39 is 12.0 Å². The standard InChI is InChI=1S/C28H31N3O3S/c1-18(2)21-11-13-22(14-12-21)26-25(27(33)34-5)19(3)29-28-31(26)23(17-35-28)15-24(32)30(4)16-20-9-7-6-8-10-20/h6-14,17-18,26H,15-16H2,1-5H3/t26-/m1/s1. The largest absolute Gasteiger partial charge is 0.466 e. The third-order valence-electron chi connectivity index (χ3n) is 6.35. The van der Waals surface area contributed by atoms with Crippen molar-refractivity contribution in [2.75, 3.05) is 14.2 Å². The number of thioether (sulfide) groups is 1. The maximum atomic E-state index is 13.2. The summed E-state index contributed by atoms with van der Waals surface area (Å²) in [4.78, 5) is 34.5. The molecule has 2 aromatic carbocycles. The second-order valence-corrected chi connectivity index (χ2v) is 9.95. The Hall–Kier alpha value is -3.32. The number of carbonyl (C=O) groups excluding carboxylic acids is 2. The molecule has 0 bridgehead atoms. The molecule has 2 aromatic rings. The molecule has 2 aliphatic heterocycles. The first-order chi connectivity index (χ1) is 16.8. The maximum Gasteiger partial charge on any atom is 0.338 e. The zero-order chi connectivity index (χ0) is 25.1. The number of hydrogen-bond donors (Lipinski definition) is 0. The lowest BCUT2D eigenvalue weighted by Crippen LogP contribution is -2.38. The summed E-state index contributed by atoms with van der Waals surface area (Å²) in [5, 5.41) is 2.73. The Bertz CT molecular complexity index is 1200. The number of amidine groups is 1. The van der Waals surface area contributed by atoms with E-state index >= 15 is 0 Å². The molecule has 1 amide bonds. The number of amides is 1. The van der Waals surface area contributed by atoms with Crippen molar-refractivity contribution in [2.45, 2.75) is 45.7 Å². The number of nitrogens with zero attached hydrogens (tertiary/aromatic N) is 3. The van der Waals surface area contributed by atoms with Gasteiger partial charge in [-0.2, -0.15) is 0 Å². The van der Waals surface area contributed by atoms with Crippen LogP contribution in [0.15, 0.2) is 82.0 Å². The number of aliphatic imine (C=N–C) groups is 1. The topological polar surface area (TPSA) is 62.2 Å². The SMILES string of the molecule is COC(=O)C1=C(C)N=C2SC=C(CC(=O)N(C)Cc3ccccc3)N2[C@@H]1c1ccc(C(C)C)cc1. The van der Waals surface area contributed by atoms with Crippen LogP contribution in [0.2, 0.25) is 0 Å². The first-order valence-corrected chi connectivity index (χ1v) is 12.6. The molecular weight excluding hydrogens is 458 g/mol. The molecule has 2 aliphatic rings. The molecule has 0 fully saturated rings. The van der Waals surface area contributed by atoms with Crippen LogP contribution in [0.3, 0.4) is 0 Å². The van der Waals surface area contributed by atoms with Gasteiger partial charge in [0.1, 0.15) is 0 Å². The zero-order valence-electron chi connectivity index (χ0n) is 20.8. The summed E-state index contributed by atoms with van der Waals surface area (Å²) in [6.07, 6.45) is 0.212. The molecule has 0 aliphatic carbocycles. The third kappa shape index (κ3) is 5.20. The molecule has 0 saturated heterocycles. The molecule has 0 N–H and O–H groups in total. The van der Waals surface area contributed by atoms with Crippen molar-refractivity contribution < 1.29 is 14.3 Å². The molecule has 0 saturated carbocycles. The van der Waals surface area contributed by atoms with Crippen LogP contribution < -0.4 is 0 Å². The van der Waals surface area contributed by atoms with E-state index in [0.29, 0.717) is 23.7 Å². The van der Waals surface area contributed by atoms with Gasteiger partial charge < -0.3 is 14.5 Å². The van der Waals surface area contributed by atoms with Crippen LogP contribution in [0, 0.1) is 0 Å². The van der Waals surface area contributed by atoms with Crippen LogP contribution in [0.1, 0.15) is 55.8 Å². The van der Waals surface area contributed by atoms with Crippen molar-refractivity contribution in [3.8, 4) is 0 Å². The van der Waals surface area contributed by atoms with E-state index in [1.165, 1.54) is 24.4 Å². The number of carbonyl (C=O) groups is 2. The Morgan fingerprint density at radius 2 is 1.80 bits per heavy atom. The predicted molar refractivity (Wildman–Crippen MR) is 140 cm³/mol. The fourth-order valence-corrected chi connectivity index (χ4v) is 5.32. The normalized spacial score (nSPS) is 17.2. The first-order valence-electron chi connectivity index (χ1n) is 11.7. The third-order valence-corrected chi connectivity index (χ3v) is 7.23. The number of ether oxygens (including phenoxy) is 1. The number of benzene rings is 2. The number of rotatable bonds is 7. The van der Waals surface area contributed by atoms with Gasteiger partial charge in [0.15, 0.2) is 5.17 Å². The van der Waals surface area contributed by atoms with Crippen LogP contribution >= 0.6 is 11.8 Å². The first kappa shape index (κ1) is 24.8. The Morgan fingerprint density at radius 3 is 2.43 bits per heavy atom. The average molecular weight is 490 g/mol. The van der Waals surface area contributed by atoms with Gasteiger partial charge in [-0.3, -0.25) is 4.79 Å². The summed E-state index contributed by atoms with van der Waals surface area (Å²) >= 11 is 1.48. The molecule has 0 unspecified atom stereocenters. The summed E-state index contributed by atoms with van der Waals surface area (Å²) in [7, 11) is 3.20. The molecular formula is C28H31N3O3S. The van der Waals surface area contributed by atoms with Crippen molar-refractivity contribution in [3.05, 3.63) is 93.7 Å². The number of hydrogen-bond acceptors (Lipinski definition) is 6. The lowest BCUT2D eigenvalue weighted by atomic mass is 9.92. The average Bonchev–Trinajstić information content (AvgIpc) is 3.25. The highest BCUT2D eigenvalue weighted by molar-refractivity contribution is 8.16. The highest BCUT2D eigenvalue weighted by Crippen LogP contribution is 2.45. The van der Waals surface area contributed by atoms with Crippen molar-refractivity contribution in [3.63, 3.8) is 0 Å². The minimum absolute atomic E-state index is 0.00162. The monoisotopic (exact) mass is 489 g/mol. The Kier molecular flexibility index (Phi) is 7.45. The van der Waals surface area contributed by atoms with Crippen LogP contribution in [-0.4, -0.2) is 41.0 Å². The zero-order valence-corrected chi connectivity index (χ0v) is 21.6.